The number of hydrogen-bond acceptors (Lipinski definition) is 7. The molecule has 4 rings (SSSR count). The van der Waals surface area contributed by atoms with E-state index in [1.807, 2.05) is 20.8 Å². The van der Waals surface area contributed by atoms with E-state index in [1.54, 1.807) is 34.1 Å². The lowest BCUT2D eigenvalue weighted by Crippen LogP contribution is -2.46. The number of anilines is 5. The number of nitrogens with zero attached hydrogens (tertiary/aromatic N) is 5. The standard InChI is InChI=1S/C24H29FN8O3/c1-12-8-15(25)16(28-22(34)30-20-13(2)18(31-36-20)24(3,4)5)9-17(12)33-11-14-10-27-21(26-6)29-19(14)32(7)23(33)35/h8-10H,11H2,1-7H3,(H,26,27,29)(H2,28,30,34). The van der Waals surface area contributed by atoms with E-state index in [1.165, 1.54) is 21.9 Å². The van der Waals surface area contributed by atoms with Crippen molar-refractivity contribution in [3.05, 3.63) is 46.5 Å². The fourth-order valence-corrected chi connectivity index (χ4v) is 4.07. The molecule has 0 fully saturated rings. The number of aryl methyl sites for hydroxylation is 1. The van der Waals surface area contributed by atoms with E-state index >= 15 is 0 Å². The highest BCUT2D eigenvalue weighted by atomic mass is 19.1. The van der Waals surface area contributed by atoms with Crippen molar-refractivity contribution in [2.75, 3.05) is 39.8 Å². The monoisotopic (exact) mass is 496 g/mol. The molecule has 1 aromatic carbocycles. The number of benzene rings is 1. The number of amides is 4. The summed E-state index contributed by atoms with van der Waals surface area (Å²) in [7, 11) is 3.30. The molecule has 3 N–H and O–H groups in total. The molecule has 3 aromatic rings. The van der Waals surface area contributed by atoms with Crippen LogP contribution < -0.4 is 25.8 Å². The molecule has 11 nitrogen and oxygen atoms in total. The predicted molar refractivity (Wildman–Crippen MR) is 135 cm³/mol. The second-order valence-corrected chi connectivity index (χ2v) is 9.65. The predicted octanol–water partition coefficient (Wildman–Crippen LogP) is 4.78. The quantitative estimate of drug-likeness (QED) is 0.474. The molecule has 3 heterocycles. The molecule has 0 spiro atoms. The van der Waals surface area contributed by atoms with Gasteiger partial charge in [0, 0.05) is 36.8 Å². The third kappa shape index (κ3) is 4.53. The summed E-state index contributed by atoms with van der Waals surface area (Å²) in [5.74, 6) is 0.422. The SMILES string of the molecule is CNc1ncc2c(n1)N(C)C(=O)N(c1cc(NC(=O)Nc3onc(C(C)(C)C)c3C)c(F)cc1C)C2. The van der Waals surface area contributed by atoms with Gasteiger partial charge in [-0.05, 0) is 31.5 Å². The van der Waals surface area contributed by atoms with Gasteiger partial charge >= 0.3 is 12.1 Å². The largest absolute Gasteiger partial charge is 0.357 e. The molecule has 0 bridgehead atoms. The summed E-state index contributed by atoms with van der Waals surface area (Å²) in [6.45, 7) is 9.61. The van der Waals surface area contributed by atoms with Gasteiger partial charge in [-0.15, -0.1) is 0 Å². The lowest BCUT2D eigenvalue weighted by Gasteiger charge is -2.35. The zero-order valence-corrected chi connectivity index (χ0v) is 21.3. The number of halogens is 1. The zero-order valence-electron chi connectivity index (χ0n) is 21.3. The Bertz CT molecular complexity index is 1350. The van der Waals surface area contributed by atoms with E-state index < -0.39 is 11.8 Å². The maximum absolute atomic E-state index is 14.8. The number of fused-ring (bicyclic) bond motifs is 1. The lowest BCUT2D eigenvalue weighted by molar-refractivity contribution is 0.251. The van der Waals surface area contributed by atoms with E-state index in [9.17, 15) is 14.0 Å². The first-order valence-electron chi connectivity index (χ1n) is 11.3. The summed E-state index contributed by atoms with van der Waals surface area (Å²) in [5, 5.41) is 12.0. The van der Waals surface area contributed by atoms with Crippen LogP contribution in [0.1, 0.15) is 43.2 Å². The molecule has 36 heavy (non-hydrogen) atoms. The van der Waals surface area contributed by atoms with Gasteiger partial charge in [0.2, 0.25) is 11.8 Å². The zero-order chi connectivity index (χ0) is 26.4. The minimum Gasteiger partial charge on any atom is -0.357 e. The van der Waals surface area contributed by atoms with Crippen LogP contribution in [0.3, 0.4) is 0 Å². The normalized spacial score (nSPS) is 13.5. The Morgan fingerprint density at radius 3 is 2.56 bits per heavy atom. The third-order valence-corrected chi connectivity index (χ3v) is 5.92. The van der Waals surface area contributed by atoms with Crippen molar-refractivity contribution in [1.29, 1.82) is 0 Å². The molecule has 0 radical (unpaired) electrons. The summed E-state index contributed by atoms with van der Waals surface area (Å²) < 4.78 is 20.1. The van der Waals surface area contributed by atoms with Crippen molar-refractivity contribution >= 4 is 41.1 Å². The smallest absolute Gasteiger partial charge is 0.330 e. The molecule has 1 aliphatic rings. The number of urea groups is 2. The second kappa shape index (κ2) is 9.10. The maximum atomic E-state index is 14.8. The van der Waals surface area contributed by atoms with Gasteiger partial charge in [0.1, 0.15) is 11.6 Å². The fraction of sp³-hybridized carbons (Fsp3) is 0.375. The Hall–Kier alpha value is -4.22. The molecule has 0 atom stereocenters. The average molecular weight is 497 g/mol. The van der Waals surface area contributed by atoms with Crippen LogP contribution in [0.4, 0.5) is 43.0 Å². The summed E-state index contributed by atoms with van der Waals surface area (Å²) in [6, 6.07) is 1.65. The summed E-state index contributed by atoms with van der Waals surface area (Å²) in [4.78, 5) is 37.3. The average Bonchev–Trinajstić information content (AvgIpc) is 3.18. The van der Waals surface area contributed by atoms with Crippen LogP contribution in [0.25, 0.3) is 0 Å². The Morgan fingerprint density at radius 1 is 1.19 bits per heavy atom. The van der Waals surface area contributed by atoms with Gasteiger partial charge in [-0.3, -0.25) is 15.1 Å². The highest BCUT2D eigenvalue weighted by Gasteiger charge is 2.32. The summed E-state index contributed by atoms with van der Waals surface area (Å²) in [6.07, 6.45) is 1.64. The Morgan fingerprint density at radius 2 is 1.92 bits per heavy atom. The van der Waals surface area contributed by atoms with Crippen molar-refractivity contribution in [1.82, 2.24) is 15.1 Å². The molecule has 0 saturated carbocycles. The van der Waals surface area contributed by atoms with Crippen LogP contribution in [0.5, 0.6) is 0 Å². The number of carbonyl (C=O) groups is 2. The first-order chi connectivity index (χ1) is 16.9. The van der Waals surface area contributed by atoms with Gasteiger partial charge in [0.25, 0.3) is 0 Å². The van der Waals surface area contributed by atoms with E-state index in [0.717, 1.165) is 5.56 Å². The first kappa shape index (κ1) is 24.9. The van der Waals surface area contributed by atoms with Crippen LogP contribution >= 0.6 is 0 Å². The molecule has 12 heteroatoms. The van der Waals surface area contributed by atoms with Crippen molar-refractivity contribution in [2.45, 2.75) is 46.6 Å². The Kier molecular flexibility index (Phi) is 6.29. The minimum atomic E-state index is -0.705. The van der Waals surface area contributed by atoms with Crippen molar-refractivity contribution < 1.29 is 18.5 Å². The maximum Gasteiger partial charge on any atom is 0.330 e. The van der Waals surface area contributed by atoms with Gasteiger partial charge in [0.05, 0.1) is 23.6 Å². The van der Waals surface area contributed by atoms with Gasteiger partial charge in [-0.2, -0.15) is 4.98 Å². The van der Waals surface area contributed by atoms with Crippen LogP contribution in [-0.2, 0) is 12.0 Å². The highest BCUT2D eigenvalue weighted by molar-refractivity contribution is 6.06. The Labute approximate surface area is 208 Å². The first-order valence-corrected chi connectivity index (χ1v) is 11.3. The number of nitrogens with one attached hydrogen (secondary N) is 3. The van der Waals surface area contributed by atoms with Gasteiger partial charge in [-0.25, -0.2) is 19.0 Å². The van der Waals surface area contributed by atoms with Crippen molar-refractivity contribution in [2.24, 2.45) is 0 Å². The Balaban J connectivity index is 1.59. The fourth-order valence-electron chi connectivity index (χ4n) is 4.07. The third-order valence-electron chi connectivity index (χ3n) is 5.92. The molecule has 0 unspecified atom stereocenters. The van der Waals surface area contributed by atoms with Crippen LogP contribution in [0, 0.1) is 19.7 Å². The van der Waals surface area contributed by atoms with Crippen LogP contribution in [0.2, 0.25) is 0 Å². The van der Waals surface area contributed by atoms with Gasteiger partial charge in [-0.1, -0.05) is 25.9 Å². The van der Waals surface area contributed by atoms with E-state index in [0.29, 0.717) is 34.3 Å². The molecule has 2 aromatic heterocycles. The second-order valence-electron chi connectivity index (χ2n) is 9.65. The molecule has 190 valence electrons. The minimum absolute atomic E-state index is 0.0932. The number of hydrogen-bond donors (Lipinski definition) is 3. The lowest BCUT2D eigenvalue weighted by atomic mass is 9.90. The van der Waals surface area contributed by atoms with E-state index in [2.05, 4.69) is 31.1 Å². The number of rotatable bonds is 4. The molecular formula is C24H29FN8O3. The van der Waals surface area contributed by atoms with Crippen molar-refractivity contribution in [3.8, 4) is 0 Å². The summed E-state index contributed by atoms with van der Waals surface area (Å²) in [5.41, 5.74) is 2.73. The van der Waals surface area contributed by atoms with Gasteiger partial charge in [0.15, 0.2) is 0 Å². The summed E-state index contributed by atoms with van der Waals surface area (Å²) >= 11 is 0. The van der Waals surface area contributed by atoms with Crippen LogP contribution in [-0.4, -0.2) is 41.3 Å². The van der Waals surface area contributed by atoms with Crippen molar-refractivity contribution in [3.63, 3.8) is 0 Å². The number of aromatic nitrogens is 3. The molecular weight excluding hydrogens is 467 g/mol. The van der Waals surface area contributed by atoms with E-state index in [4.69, 9.17) is 4.52 Å². The number of carbonyl (C=O) groups excluding carboxylic acids is 2. The highest BCUT2D eigenvalue weighted by Crippen LogP contribution is 2.34. The molecule has 4 amide bonds. The molecule has 0 aliphatic carbocycles. The molecule has 0 saturated heterocycles. The van der Waals surface area contributed by atoms with E-state index in [-0.39, 0.29) is 29.6 Å². The molecule has 1 aliphatic heterocycles. The topological polar surface area (TPSA) is 129 Å². The van der Waals surface area contributed by atoms with Gasteiger partial charge < -0.3 is 15.2 Å². The van der Waals surface area contributed by atoms with Crippen LogP contribution in [0.15, 0.2) is 22.9 Å².